The number of hydrogen-bond acceptors (Lipinski definition) is 6. The Morgan fingerprint density at radius 2 is 1.72 bits per heavy atom. The smallest absolute Gasteiger partial charge is 0.351 e. The second-order valence-electron chi connectivity index (χ2n) is 5.29. The van der Waals surface area contributed by atoms with E-state index in [0.717, 1.165) is 11.1 Å². The highest BCUT2D eigenvalue weighted by Crippen LogP contribution is 2.21. The molecular weight excluding hydrogens is 322 g/mol. The normalized spacial score (nSPS) is 10.3. The Morgan fingerprint density at radius 3 is 2.36 bits per heavy atom. The molecule has 124 valence electrons. The van der Waals surface area contributed by atoms with Crippen LogP contribution in [-0.2, 0) is 0 Å². The van der Waals surface area contributed by atoms with E-state index in [0.29, 0.717) is 5.69 Å². The van der Waals surface area contributed by atoms with Crippen LogP contribution in [0.25, 0.3) is 11.3 Å². The molecule has 0 saturated carbocycles. The van der Waals surface area contributed by atoms with Crippen LogP contribution in [0.15, 0.2) is 60.7 Å². The van der Waals surface area contributed by atoms with Crippen molar-refractivity contribution in [2.75, 3.05) is 0 Å². The van der Waals surface area contributed by atoms with Gasteiger partial charge in [0.1, 0.15) is 5.56 Å². The highest BCUT2D eigenvalue weighted by Gasteiger charge is 2.21. The number of esters is 1. The number of nitro benzene ring substituents is 1. The number of aryl methyl sites for hydroxylation is 1. The van der Waals surface area contributed by atoms with E-state index in [-0.39, 0.29) is 17.1 Å². The summed E-state index contributed by atoms with van der Waals surface area (Å²) in [4.78, 5) is 22.5. The quantitative estimate of drug-likeness (QED) is 0.411. The van der Waals surface area contributed by atoms with Gasteiger partial charge in [-0.1, -0.05) is 42.0 Å². The molecule has 0 aliphatic carbocycles. The van der Waals surface area contributed by atoms with Crippen molar-refractivity contribution in [1.82, 2.24) is 10.2 Å². The lowest BCUT2D eigenvalue weighted by molar-refractivity contribution is -0.385. The van der Waals surface area contributed by atoms with Gasteiger partial charge in [0.15, 0.2) is 0 Å². The lowest BCUT2D eigenvalue weighted by Crippen LogP contribution is -2.12. The molecule has 25 heavy (non-hydrogen) atoms. The van der Waals surface area contributed by atoms with Gasteiger partial charge >= 0.3 is 5.97 Å². The van der Waals surface area contributed by atoms with Crippen LogP contribution in [-0.4, -0.2) is 21.1 Å². The summed E-state index contributed by atoms with van der Waals surface area (Å²) in [5.74, 6) is -0.885. The van der Waals surface area contributed by atoms with Gasteiger partial charge in [0.2, 0.25) is 5.88 Å². The van der Waals surface area contributed by atoms with E-state index in [1.165, 1.54) is 30.3 Å². The predicted molar refractivity (Wildman–Crippen MR) is 90.3 cm³/mol. The minimum atomic E-state index is -0.857. The third kappa shape index (κ3) is 3.66. The van der Waals surface area contributed by atoms with E-state index in [9.17, 15) is 14.9 Å². The molecule has 3 rings (SSSR count). The van der Waals surface area contributed by atoms with Crippen LogP contribution in [0.1, 0.15) is 15.9 Å². The van der Waals surface area contributed by atoms with Crippen LogP contribution < -0.4 is 4.74 Å². The summed E-state index contributed by atoms with van der Waals surface area (Å²) in [6.07, 6.45) is 0. The highest BCUT2D eigenvalue weighted by atomic mass is 16.6. The molecule has 3 aromatic rings. The molecule has 0 aliphatic rings. The molecule has 0 atom stereocenters. The zero-order valence-electron chi connectivity index (χ0n) is 13.2. The van der Waals surface area contributed by atoms with Gasteiger partial charge in [-0.15, -0.1) is 10.2 Å². The number of nitro groups is 1. The minimum Gasteiger partial charge on any atom is -0.402 e. The average Bonchev–Trinajstić information content (AvgIpc) is 2.63. The number of aromatic nitrogens is 2. The van der Waals surface area contributed by atoms with E-state index in [1.807, 2.05) is 31.2 Å². The average molecular weight is 335 g/mol. The molecule has 7 heteroatoms. The molecule has 0 fully saturated rings. The summed E-state index contributed by atoms with van der Waals surface area (Å²) in [6, 6.07) is 16.5. The van der Waals surface area contributed by atoms with E-state index in [4.69, 9.17) is 4.74 Å². The summed E-state index contributed by atoms with van der Waals surface area (Å²) in [7, 11) is 0. The van der Waals surface area contributed by atoms with Crippen LogP contribution >= 0.6 is 0 Å². The molecule has 0 saturated heterocycles. The molecule has 0 spiro atoms. The van der Waals surface area contributed by atoms with Crippen LogP contribution in [0.4, 0.5) is 5.69 Å². The number of benzene rings is 2. The second-order valence-corrected chi connectivity index (χ2v) is 5.29. The molecule has 1 heterocycles. The van der Waals surface area contributed by atoms with Gasteiger partial charge in [-0.3, -0.25) is 10.1 Å². The van der Waals surface area contributed by atoms with Gasteiger partial charge in [-0.25, -0.2) is 4.79 Å². The molecule has 0 amide bonds. The van der Waals surface area contributed by atoms with Gasteiger partial charge in [0.25, 0.3) is 5.69 Å². The molecule has 0 N–H and O–H groups in total. The number of carbonyl (C=O) groups is 1. The third-order valence-corrected chi connectivity index (χ3v) is 3.51. The van der Waals surface area contributed by atoms with Crippen molar-refractivity contribution in [1.29, 1.82) is 0 Å². The lowest BCUT2D eigenvalue weighted by atomic mass is 10.1. The number of hydrogen-bond donors (Lipinski definition) is 0. The first kappa shape index (κ1) is 16.3. The fourth-order valence-corrected chi connectivity index (χ4v) is 2.21. The molecule has 1 aromatic heterocycles. The van der Waals surface area contributed by atoms with Gasteiger partial charge in [-0.05, 0) is 19.1 Å². The predicted octanol–water partition coefficient (Wildman–Crippen LogP) is 3.58. The van der Waals surface area contributed by atoms with Crippen molar-refractivity contribution >= 4 is 11.7 Å². The summed E-state index contributed by atoms with van der Waals surface area (Å²) in [5.41, 5.74) is 2.18. The molecule has 0 radical (unpaired) electrons. The van der Waals surface area contributed by atoms with Gasteiger partial charge in [-0.2, -0.15) is 0 Å². The Bertz CT molecular complexity index is 922. The second kappa shape index (κ2) is 6.88. The Morgan fingerprint density at radius 1 is 1.00 bits per heavy atom. The van der Waals surface area contributed by atoms with E-state index in [1.54, 1.807) is 6.07 Å². The zero-order chi connectivity index (χ0) is 17.8. The van der Waals surface area contributed by atoms with Crippen LogP contribution in [0.2, 0.25) is 0 Å². The summed E-state index contributed by atoms with van der Waals surface area (Å²) in [5, 5.41) is 18.9. The summed E-state index contributed by atoms with van der Waals surface area (Å²) in [6.45, 7) is 1.99. The van der Waals surface area contributed by atoms with Crippen molar-refractivity contribution in [3.05, 3.63) is 81.9 Å². The molecular formula is C18H13N3O4. The van der Waals surface area contributed by atoms with E-state index >= 15 is 0 Å². The molecule has 2 aromatic carbocycles. The number of ether oxygens (including phenoxy) is 1. The first-order valence-corrected chi connectivity index (χ1v) is 7.41. The van der Waals surface area contributed by atoms with Crippen LogP contribution in [0, 0.1) is 17.0 Å². The molecule has 7 nitrogen and oxygen atoms in total. The highest BCUT2D eigenvalue weighted by molar-refractivity contribution is 5.95. The summed E-state index contributed by atoms with van der Waals surface area (Å²) >= 11 is 0. The van der Waals surface area contributed by atoms with Crippen molar-refractivity contribution in [3.8, 4) is 17.1 Å². The number of para-hydroxylation sites is 1. The van der Waals surface area contributed by atoms with Crippen molar-refractivity contribution in [2.24, 2.45) is 0 Å². The van der Waals surface area contributed by atoms with Gasteiger partial charge in [0.05, 0.1) is 10.6 Å². The molecule has 0 bridgehead atoms. The van der Waals surface area contributed by atoms with E-state index < -0.39 is 10.9 Å². The third-order valence-electron chi connectivity index (χ3n) is 3.51. The standard InChI is InChI=1S/C18H13N3O4/c1-12-6-8-13(9-7-12)15-10-11-17(20-19-15)25-18(22)14-4-2-3-5-16(14)21(23)24/h2-11H,1H3. The Kier molecular flexibility index (Phi) is 4.47. The molecule has 0 unspecified atom stereocenters. The minimum absolute atomic E-state index is 0.0287. The maximum absolute atomic E-state index is 12.1. The van der Waals surface area contributed by atoms with Crippen molar-refractivity contribution in [3.63, 3.8) is 0 Å². The van der Waals surface area contributed by atoms with E-state index in [2.05, 4.69) is 10.2 Å². The maximum atomic E-state index is 12.1. The topological polar surface area (TPSA) is 95.2 Å². The Hall–Kier alpha value is -3.61. The first-order valence-electron chi connectivity index (χ1n) is 7.41. The number of rotatable bonds is 4. The van der Waals surface area contributed by atoms with Gasteiger partial charge < -0.3 is 4.74 Å². The number of nitrogens with zero attached hydrogens (tertiary/aromatic N) is 3. The zero-order valence-corrected chi connectivity index (χ0v) is 13.2. The fourth-order valence-electron chi connectivity index (χ4n) is 2.21. The van der Waals surface area contributed by atoms with Crippen LogP contribution in [0.5, 0.6) is 5.88 Å². The van der Waals surface area contributed by atoms with Crippen LogP contribution in [0.3, 0.4) is 0 Å². The largest absolute Gasteiger partial charge is 0.402 e. The van der Waals surface area contributed by atoms with Crippen molar-refractivity contribution in [2.45, 2.75) is 6.92 Å². The SMILES string of the molecule is Cc1ccc(-c2ccc(OC(=O)c3ccccc3[N+](=O)[O-])nn2)cc1. The summed E-state index contributed by atoms with van der Waals surface area (Å²) < 4.78 is 5.08. The maximum Gasteiger partial charge on any atom is 0.351 e. The monoisotopic (exact) mass is 335 g/mol. The first-order chi connectivity index (χ1) is 12.0. The fraction of sp³-hybridized carbons (Fsp3) is 0.0556. The van der Waals surface area contributed by atoms with Crippen molar-refractivity contribution < 1.29 is 14.5 Å². The lowest BCUT2D eigenvalue weighted by Gasteiger charge is -2.05. The van der Waals surface area contributed by atoms with Gasteiger partial charge in [0, 0.05) is 17.7 Å². The Balaban J connectivity index is 1.79. The molecule has 0 aliphatic heterocycles. The Labute approximate surface area is 143 Å². The number of carbonyl (C=O) groups excluding carboxylic acids is 1.